The number of benzene rings is 1. The summed E-state index contributed by atoms with van der Waals surface area (Å²) in [5, 5.41) is 5.51. The number of aromatic nitrogens is 1. The maximum Gasteiger partial charge on any atom is 0.0737 e. The van der Waals surface area contributed by atoms with Crippen molar-refractivity contribution in [2.75, 3.05) is 25.0 Å². The molecule has 3 nitrogen and oxygen atoms in total. The van der Waals surface area contributed by atoms with Crippen LogP contribution in [0.15, 0.2) is 30.5 Å². The first-order chi connectivity index (χ1) is 11.2. The number of pyridine rings is 1. The summed E-state index contributed by atoms with van der Waals surface area (Å²) in [6, 6.07) is 8.41. The van der Waals surface area contributed by atoms with Gasteiger partial charge in [0.15, 0.2) is 0 Å². The molecule has 3 rings (SSSR count). The molecule has 1 N–H and O–H groups in total. The van der Waals surface area contributed by atoms with Gasteiger partial charge in [-0.15, -0.1) is 0 Å². The van der Waals surface area contributed by atoms with Crippen molar-refractivity contribution in [2.24, 2.45) is 0 Å². The number of halogens is 1. The van der Waals surface area contributed by atoms with Gasteiger partial charge >= 0.3 is 0 Å². The maximum absolute atomic E-state index is 6.05. The van der Waals surface area contributed by atoms with E-state index in [4.69, 9.17) is 11.6 Å². The summed E-state index contributed by atoms with van der Waals surface area (Å²) >= 11 is 6.05. The van der Waals surface area contributed by atoms with Crippen LogP contribution in [0.3, 0.4) is 0 Å². The van der Waals surface area contributed by atoms with E-state index < -0.39 is 0 Å². The molecule has 4 heteroatoms. The van der Waals surface area contributed by atoms with Crippen LogP contribution in [0.5, 0.6) is 0 Å². The van der Waals surface area contributed by atoms with E-state index in [2.05, 4.69) is 28.2 Å². The Hall–Kier alpha value is -1.32. The first-order valence-corrected chi connectivity index (χ1v) is 9.13. The van der Waals surface area contributed by atoms with Crippen LogP contribution in [0.2, 0.25) is 5.02 Å². The fourth-order valence-corrected chi connectivity index (χ4v) is 3.56. The number of anilines is 1. The number of nitrogens with one attached hydrogen (secondary N) is 1. The molecule has 0 aliphatic carbocycles. The molecule has 0 amide bonds. The molecule has 0 bridgehead atoms. The SMILES string of the molecule is C[C@@H](CCCN1CCCCC1)Nc1ccnc2cc(Cl)ccc12. The zero-order valence-electron chi connectivity index (χ0n) is 13.9. The van der Waals surface area contributed by atoms with Crippen molar-refractivity contribution in [3.8, 4) is 0 Å². The molecular formula is C19H26ClN3. The molecule has 2 heterocycles. The van der Waals surface area contributed by atoms with Gasteiger partial charge in [0.1, 0.15) is 0 Å². The molecular weight excluding hydrogens is 306 g/mol. The van der Waals surface area contributed by atoms with E-state index in [0.29, 0.717) is 6.04 Å². The summed E-state index contributed by atoms with van der Waals surface area (Å²) < 4.78 is 0. The third-order valence-electron chi connectivity index (χ3n) is 4.67. The van der Waals surface area contributed by atoms with Gasteiger partial charge in [-0.1, -0.05) is 18.0 Å². The van der Waals surface area contributed by atoms with E-state index in [1.807, 2.05) is 24.4 Å². The topological polar surface area (TPSA) is 28.2 Å². The van der Waals surface area contributed by atoms with Crippen molar-refractivity contribution in [1.29, 1.82) is 0 Å². The number of piperidine rings is 1. The van der Waals surface area contributed by atoms with Crippen LogP contribution < -0.4 is 5.32 Å². The molecule has 1 aliphatic heterocycles. The quantitative estimate of drug-likeness (QED) is 0.811. The average Bonchev–Trinajstić information content (AvgIpc) is 2.56. The Labute approximate surface area is 144 Å². The number of hydrogen-bond donors (Lipinski definition) is 1. The standard InChI is InChI=1S/C19H26ClN3/c1-15(6-5-13-23-11-3-2-4-12-23)22-18-9-10-21-19-14-16(20)7-8-17(18)19/h7-10,14-15H,2-6,11-13H2,1H3,(H,21,22)/t15-/m0/s1. The first kappa shape index (κ1) is 16.5. The van der Waals surface area contributed by atoms with Gasteiger partial charge in [-0.3, -0.25) is 4.98 Å². The molecule has 1 atom stereocenters. The summed E-state index contributed by atoms with van der Waals surface area (Å²) in [5.41, 5.74) is 2.10. The molecule has 1 aromatic carbocycles. The third-order valence-corrected chi connectivity index (χ3v) is 4.90. The van der Waals surface area contributed by atoms with Crippen LogP contribution in [0, 0.1) is 0 Å². The normalized spacial score (nSPS) is 17.3. The Morgan fingerprint density at radius 2 is 2.04 bits per heavy atom. The van der Waals surface area contributed by atoms with Crippen LogP contribution in [0.1, 0.15) is 39.0 Å². The van der Waals surface area contributed by atoms with Gasteiger partial charge in [0.25, 0.3) is 0 Å². The Morgan fingerprint density at radius 3 is 2.87 bits per heavy atom. The maximum atomic E-state index is 6.05. The van der Waals surface area contributed by atoms with Gasteiger partial charge in [0.05, 0.1) is 5.52 Å². The van der Waals surface area contributed by atoms with E-state index >= 15 is 0 Å². The van der Waals surface area contributed by atoms with Gasteiger partial charge in [0, 0.05) is 28.3 Å². The highest BCUT2D eigenvalue weighted by Gasteiger charge is 2.11. The summed E-state index contributed by atoms with van der Waals surface area (Å²) in [5.74, 6) is 0. The van der Waals surface area contributed by atoms with Crippen LogP contribution in [-0.4, -0.2) is 35.6 Å². The minimum atomic E-state index is 0.459. The third kappa shape index (κ3) is 4.58. The first-order valence-electron chi connectivity index (χ1n) is 8.75. The second kappa shape index (κ2) is 7.98. The Balaban J connectivity index is 1.54. The van der Waals surface area contributed by atoms with Crippen molar-refractivity contribution in [1.82, 2.24) is 9.88 Å². The largest absolute Gasteiger partial charge is 0.382 e. The van der Waals surface area contributed by atoms with Crippen LogP contribution in [0.4, 0.5) is 5.69 Å². The lowest BCUT2D eigenvalue weighted by Crippen LogP contribution is -2.31. The Bertz CT molecular complexity index is 638. The van der Waals surface area contributed by atoms with Crippen molar-refractivity contribution < 1.29 is 0 Å². The van der Waals surface area contributed by atoms with E-state index in [1.165, 1.54) is 51.7 Å². The van der Waals surface area contributed by atoms with Gasteiger partial charge in [-0.05, 0) is 76.5 Å². The number of rotatable bonds is 6. The average molecular weight is 332 g/mol. The molecule has 1 fully saturated rings. The van der Waals surface area contributed by atoms with Crippen molar-refractivity contribution in [3.05, 3.63) is 35.5 Å². The molecule has 0 radical (unpaired) electrons. The van der Waals surface area contributed by atoms with Crippen molar-refractivity contribution in [3.63, 3.8) is 0 Å². The number of nitrogens with zero attached hydrogens (tertiary/aromatic N) is 2. The van der Waals surface area contributed by atoms with E-state index in [9.17, 15) is 0 Å². The number of hydrogen-bond acceptors (Lipinski definition) is 3. The molecule has 23 heavy (non-hydrogen) atoms. The fourth-order valence-electron chi connectivity index (χ4n) is 3.39. The molecule has 2 aromatic rings. The van der Waals surface area contributed by atoms with E-state index in [0.717, 1.165) is 21.6 Å². The van der Waals surface area contributed by atoms with E-state index in [1.54, 1.807) is 0 Å². The van der Waals surface area contributed by atoms with Crippen molar-refractivity contribution >= 4 is 28.2 Å². The Kier molecular flexibility index (Phi) is 5.74. The molecule has 1 aromatic heterocycles. The number of fused-ring (bicyclic) bond motifs is 1. The predicted octanol–water partition coefficient (Wildman–Crippen LogP) is 4.95. The smallest absolute Gasteiger partial charge is 0.0737 e. The molecule has 124 valence electrons. The van der Waals surface area contributed by atoms with Gasteiger partial charge in [0.2, 0.25) is 0 Å². The lowest BCUT2D eigenvalue weighted by molar-refractivity contribution is 0.224. The molecule has 0 saturated carbocycles. The summed E-state index contributed by atoms with van der Waals surface area (Å²) in [6.07, 6.45) is 8.45. The zero-order chi connectivity index (χ0) is 16.1. The number of likely N-dealkylation sites (tertiary alicyclic amines) is 1. The van der Waals surface area contributed by atoms with E-state index in [-0.39, 0.29) is 0 Å². The summed E-state index contributed by atoms with van der Waals surface area (Å²) in [6.45, 7) is 6.08. The lowest BCUT2D eigenvalue weighted by Gasteiger charge is -2.27. The monoisotopic (exact) mass is 331 g/mol. The van der Waals surface area contributed by atoms with Gasteiger partial charge in [-0.25, -0.2) is 0 Å². The van der Waals surface area contributed by atoms with Crippen LogP contribution in [0.25, 0.3) is 10.9 Å². The Morgan fingerprint density at radius 1 is 1.22 bits per heavy atom. The second-order valence-electron chi connectivity index (χ2n) is 6.61. The highest BCUT2D eigenvalue weighted by molar-refractivity contribution is 6.31. The molecule has 1 aliphatic rings. The highest BCUT2D eigenvalue weighted by atomic mass is 35.5. The molecule has 1 saturated heterocycles. The fraction of sp³-hybridized carbons (Fsp3) is 0.526. The minimum Gasteiger partial charge on any atom is -0.382 e. The molecule has 0 spiro atoms. The highest BCUT2D eigenvalue weighted by Crippen LogP contribution is 2.25. The minimum absolute atomic E-state index is 0.459. The summed E-state index contributed by atoms with van der Waals surface area (Å²) in [7, 11) is 0. The molecule has 0 unspecified atom stereocenters. The van der Waals surface area contributed by atoms with Crippen LogP contribution >= 0.6 is 11.6 Å². The predicted molar refractivity (Wildman–Crippen MR) is 99.4 cm³/mol. The lowest BCUT2D eigenvalue weighted by atomic mass is 10.1. The van der Waals surface area contributed by atoms with Gasteiger partial charge < -0.3 is 10.2 Å². The summed E-state index contributed by atoms with van der Waals surface area (Å²) in [4.78, 5) is 7.01. The van der Waals surface area contributed by atoms with Crippen molar-refractivity contribution in [2.45, 2.75) is 45.1 Å². The van der Waals surface area contributed by atoms with Gasteiger partial charge in [-0.2, -0.15) is 0 Å². The zero-order valence-corrected chi connectivity index (χ0v) is 14.6. The second-order valence-corrected chi connectivity index (χ2v) is 7.05. The van der Waals surface area contributed by atoms with Crippen LogP contribution in [-0.2, 0) is 0 Å².